The highest BCUT2D eigenvalue weighted by molar-refractivity contribution is 9.10. The molecule has 3 nitrogen and oxygen atoms in total. The van der Waals surface area contributed by atoms with Gasteiger partial charge in [0.15, 0.2) is 0 Å². The fourth-order valence-electron chi connectivity index (χ4n) is 2.02. The van der Waals surface area contributed by atoms with Gasteiger partial charge in [0.1, 0.15) is 5.76 Å². The predicted molar refractivity (Wildman–Crippen MR) is 82.3 cm³/mol. The molecule has 0 saturated carbocycles. The van der Waals surface area contributed by atoms with Crippen molar-refractivity contribution >= 4 is 21.6 Å². The van der Waals surface area contributed by atoms with Crippen molar-refractivity contribution in [1.82, 2.24) is 5.32 Å². The number of hydrogen-bond donors (Lipinski definition) is 1. The van der Waals surface area contributed by atoms with Crippen LogP contribution in [-0.4, -0.2) is 13.6 Å². The zero-order chi connectivity index (χ0) is 13.7. The first-order valence-corrected chi connectivity index (χ1v) is 7.22. The smallest absolute Gasteiger partial charge is 0.123 e. The molecular weight excluding hydrogens is 304 g/mol. The highest BCUT2D eigenvalue weighted by Crippen LogP contribution is 2.25. The molecule has 102 valence electrons. The molecule has 0 fully saturated rings. The summed E-state index contributed by atoms with van der Waals surface area (Å²) in [7, 11) is 2.08. The van der Waals surface area contributed by atoms with Crippen molar-refractivity contribution in [2.45, 2.75) is 20.0 Å². The first-order valence-electron chi connectivity index (χ1n) is 6.43. The highest BCUT2D eigenvalue weighted by Gasteiger charge is 2.09. The Labute approximate surface area is 122 Å². The molecule has 0 aliphatic carbocycles. The number of rotatable bonds is 6. The van der Waals surface area contributed by atoms with E-state index >= 15 is 0 Å². The van der Waals surface area contributed by atoms with E-state index in [1.807, 2.05) is 12.1 Å². The zero-order valence-electron chi connectivity index (χ0n) is 11.3. The normalized spacial score (nSPS) is 10.7. The average molecular weight is 323 g/mol. The molecule has 0 spiro atoms. The maximum atomic E-state index is 5.41. The van der Waals surface area contributed by atoms with Gasteiger partial charge in [-0.25, -0.2) is 0 Å². The maximum absolute atomic E-state index is 5.41. The highest BCUT2D eigenvalue weighted by atomic mass is 79.9. The zero-order valence-corrected chi connectivity index (χ0v) is 12.9. The summed E-state index contributed by atoms with van der Waals surface area (Å²) < 4.78 is 6.50. The second-order valence-electron chi connectivity index (χ2n) is 4.49. The second kappa shape index (κ2) is 6.78. The van der Waals surface area contributed by atoms with Crippen molar-refractivity contribution in [1.29, 1.82) is 0 Å². The lowest BCUT2D eigenvalue weighted by atomic mass is 10.1. The maximum Gasteiger partial charge on any atom is 0.123 e. The van der Waals surface area contributed by atoms with Crippen LogP contribution in [0.5, 0.6) is 0 Å². The van der Waals surface area contributed by atoms with E-state index in [0.717, 1.165) is 29.9 Å². The number of furan rings is 1. The molecule has 0 aliphatic rings. The fraction of sp³-hybridized carbons (Fsp3) is 0.333. The van der Waals surface area contributed by atoms with Crippen LogP contribution in [0, 0.1) is 0 Å². The summed E-state index contributed by atoms with van der Waals surface area (Å²) in [6, 6.07) is 10.3. The van der Waals surface area contributed by atoms with Gasteiger partial charge in [-0.2, -0.15) is 0 Å². The number of anilines is 1. The summed E-state index contributed by atoms with van der Waals surface area (Å²) in [5.74, 6) is 0.969. The number of nitrogens with zero attached hydrogens (tertiary/aromatic N) is 1. The Balaban J connectivity index is 2.18. The van der Waals surface area contributed by atoms with Gasteiger partial charge in [0.05, 0.1) is 12.8 Å². The fourth-order valence-corrected chi connectivity index (χ4v) is 2.37. The van der Waals surface area contributed by atoms with E-state index in [2.05, 4.69) is 58.3 Å². The van der Waals surface area contributed by atoms with Gasteiger partial charge < -0.3 is 14.6 Å². The van der Waals surface area contributed by atoms with Gasteiger partial charge in [0.2, 0.25) is 0 Å². The Hall–Kier alpha value is -1.26. The summed E-state index contributed by atoms with van der Waals surface area (Å²) in [6.45, 7) is 4.73. The van der Waals surface area contributed by atoms with Crippen molar-refractivity contribution in [3.8, 4) is 0 Å². The second-order valence-corrected chi connectivity index (χ2v) is 5.40. The molecule has 4 heteroatoms. The summed E-state index contributed by atoms with van der Waals surface area (Å²) >= 11 is 3.54. The quantitative estimate of drug-likeness (QED) is 0.877. The molecule has 0 unspecified atom stereocenters. The molecule has 1 heterocycles. The first kappa shape index (κ1) is 14.2. The number of nitrogens with one attached hydrogen (secondary N) is 1. The van der Waals surface area contributed by atoms with Crippen LogP contribution in [0.4, 0.5) is 5.69 Å². The van der Waals surface area contributed by atoms with Crippen LogP contribution < -0.4 is 10.2 Å². The van der Waals surface area contributed by atoms with E-state index in [9.17, 15) is 0 Å². The van der Waals surface area contributed by atoms with E-state index in [0.29, 0.717) is 0 Å². The number of halogens is 1. The van der Waals surface area contributed by atoms with Gasteiger partial charge in [-0.3, -0.25) is 0 Å². The van der Waals surface area contributed by atoms with Crippen LogP contribution in [-0.2, 0) is 13.1 Å². The van der Waals surface area contributed by atoms with E-state index < -0.39 is 0 Å². The summed E-state index contributed by atoms with van der Waals surface area (Å²) in [6.07, 6.45) is 1.71. The summed E-state index contributed by atoms with van der Waals surface area (Å²) in [5.41, 5.74) is 2.51. The molecule has 2 aromatic rings. The lowest BCUT2D eigenvalue weighted by molar-refractivity contribution is 0.507. The van der Waals surface area contributed by atoms with E-state index in [4.69, 9.17) is 4.42 Å². The number of hydrogen-bond acceptors (Lipinski definition) is 3. The lowest BCUT2D eigenvalue weighted by Crippen LogP contribution is -2.20. The Morgan fingerprint density at radius 3 is 2.84 bits per heavy atom. The third-order valence-corrected chi connectivity index (χ3v) is 3.49. The van der Waals surface area contributed by atoms with E-state index in [1.165, 1.54) is 11.3 Å². The summed E-state index contributed by atoms with van der Waals surface area (Å²) in [4.78, 5) is 2.20. The molecule has 1 aromatic carbocycles. The minimum absolute atomic E-state index is 0.766. The molecule has 1 N–H and O–H groups in total. The Bertz CT molecular complexity index is 511. The third kappa shape index (κ3) is 3.85. The molecule has 0 aliphatic heterocycles. The third-order valence-electron chi connectivity index (χ3n) is 3.00. The molecule has 19 heavy (non-hydrogen) atoms. The topological polar surface area (TPSA) is 28.4 Å². The monoisotopic (exact) mass is 322 g/mol. The Morgan fingerprint density at radius 2 is 2.16 bits per heavy atom. The molecule has 0 atom stereocenters. The van der Waals surface area contributed by atoms with Gasteiger partial charge in [0.25, 0.3) is 0 Å². The molecule has 0 amide bonds. The van der Waals surface area contributed by atoms with Gasteiger partial charge in [-0.15, -0.1) is 0 Å². The van der Waals surface area contributed by atoms with Gasteiger partial charge in [-0.05, 0) is 36.4 Å². The van der Waals surface area contributed by atoms with Gasteiger partial charge in [0, 0.05) is 23.8 Å². The average Bonchev–Trinajstić information content (AvgIpc) is 2.90. The molecule has 0 saturated heterocycles. The largest absolute Gasteiger partial charge is 0.467 e. The molecule has 1 aromatic heterocycles. The van der Waals surface area contributed by atoms with Crippen LogP contribution in [0.25, 0.3) is 0 Å². The van der Waals surface area contributed by atoms with E-state index in [-0.39, 0.29) is 0 Å². The SMILES string of the molecule is CCNCc1ccc(Br)cc1N(C)Cc1ccco1. The number of benzene rings is 1. The standard InChI is InChI=1S/C15H19BrN2O/c1-3-17-10-12-6-7-13(16)9-15(12)18(2)11-14-5-4-8-19-14/h4-9,17H,3,10-11H2,1-2H3. The van der Waals surface area contributed by atoms with Gasteiger partial charge in [-0.1, -0.05) is 28.9 Å². The molecule has 2 rings (SSSR count). The van der Waals surface area contributed by atoms with Gasteiger partial charge >= 0.3 is 0 Å². The van der Waals surface area contributed by atoms with Crippen molar-refractivity contribution in [2.75, 3.05) is 18.5 Å². The van der Waals surface area contributed by atoms with Crippen molar-refractivity contribution in [3.63, 3.8) is 0 Å². The lowest BCUT2D eigenvalue weighted by Gasteiger charge is -2.22. The van der Waals surface area contributed by atoms with E-state index in [1.54, 1.807) is 6.26 Å². The Morgan fingerprint density at radius 1 is 1.32 bits per heavy atom. The first-order chi connectivity index (χ1) is 9.20. The van der Waals surface area contributed by atoms with Crippen LogP contribution in [0.15, 0.2) is 45.5 Å². The van der Waals surface area contributed by atoms with Crippen molar-refractivity contribution in [3.05, 3.63) is 52.4 Å². The molecule has 0 bridgehead atoms. The van der Waals surface area contributed by atoms with Crippen molar-refractivity contribution in [2.24, 2.45) is 0 Å². The minimum atomic E-state index is 0.766. The minimum Gasteiger partial charge on any atom is -0.467 e. The Kier molecular flexibility index (Phi) is 5.05. The predicted octanol–water partition coefficient (Wildman–Crippen LogP) is 3.79. The summed E-state index contributed by atoms with van der Waals surface area (Å²) in [5, 5.41) is 3.37. The van der Waals surface area contributed by atoms with Crippen molar-refractivity contribution < 1.29 is 4.42 Å². The van der Waals surface area contributed by atoms with Crippen LogP contribution in [0.3, 0.4) is 0 Å². The molecule has 0 radical (unpaired) electrons. The van der Waals surface area contributed by atoms with Crippen LogP contribution >= 0.6 is 15.9 Å². The molecular formula is C15H19BrN2O. The van der Waals surface area contributed by atoms with Crippen LogP contribution in [0.2, 0.25) is 0 Å². The van der Waals surface area contributed by atoms with Crippen LogP contribution in [0.1, 0.15) is 18.2 Å².